The van der Waals surface area contributed by atoms with Gasteiger partial charge in [0, 0.05) is 34.7 Å². The summed E-state index contributed by atoms with van der Waals surface area (Å²) in [7, 11) is 0. The summed E-state index contributed by atoms with van der Waals surface area (Å²) in [6.07, 6.45) is 6.12. The highest BCUT2D eigenvalue weighted by Gasteiger charge is 2.22. The topological polar surface area (TPSA) is 44.9 Å². The summed E-state index contributed by atoms with van der Waals surface area (Å²) in [6, 6.07) is 32.6. The van der Waals surface area contributed by atoms with Crippen molar-refractivity contribution in [1.82, 2.24) is 19.3 Å². The van der Waals surface area contributed by atoms with Gasteiger partial charge in [-0.1, -0.05) is 77.4 Å². The van der Waals surface area contributed by atoms with Crippen molar-refractivity contribution in [3.63, 3.8) is 0 Å². The Bertz CT molecular complexity index is 2340. The molecule has 51 heavy (non-hydrogen) atoms. The number of aromatic nitrogens is 4. The Hall–Kier alpha value is -5.16. The minimum absolute atomic E-state index is 0.315. The highest BCUT2D eigenvalue weighted by atomic mass is 16.5. The van der Waals surface area contributed by atoms with Crippen LogP contribution in [0.4, 0.5) is 0 Å². The van der Waals surface area contributed by atoms with Crippen molar-refractivity contribution in [2.24, 2.45) is 5.92 Å². The Morgan fingerprint density at radius 3 is 2.24 bits per heavy atom. The second-order valence-corrected chi connectivity index (χ2v) is 14.9. The zero-order valence-corrected chi connectivity index (χ0v) is 31.4. The number of nitrogens with zero attached hydrogens (tertiary/aromatic N) is 4. The number of unbranched alkanes of at least 4 members (excludes halogenated alkanes) is 1. The largest absolute Gasteiger partial charge is 0.457 e. The standard InChI is InChI=1S/C46H50N4O/c1-9-10-17-42-46(45-31(6)14-13-15-32(45)7)33(8)48-50(42)36-25-35(30(4)5)26-38(27-36)51-37-19-20-40-39-16-11-12-18-41(39)49(43(40)28-37)44-24-34(21-22-47-44)23-29(2)3/h11-16,18-22,24-30H,9-10,17,23H2,1-8H3. The number of fused-ring (bicyclic) bond motifs is 3. The molecular formula is C46H50N4O. The van der Waals surface area contributed by atoms with Crippen molar-refractivity contribution in [3.05, 3.63) is 131 Å². The van der Waals surface area contributed by atoms with E-state index in [0.29, 0.717) is 11.8 Å². The van der Waals surface area contributed by atoms with Crippen LogP contribution in [0.3, 0.4) is 0 Å². The zero-order valence-electron chi connectivity index (χ0n) is 31.4. The Morgan fingerprint density at radius 1 is 0.725 bits per heavy atom. The number of para-hydroxylation sites is 1. The summed E-state index contributed by atoms with van der Waals surface area (Å²) in [5.74, 6) is 3.40. The van der Waals surface area contributed by atoms with Gasteiger partial charge in [-0.15, -0.1) is 0 Å². The lowest BCUT2D eigenvalue weighted by Gasteiger charge is -2.16. The number of ether oxygens (including phenoxy) is 1. The highest BCUT2D eigenvalue weighted by Crippen LogP contribution is 2.38. The normalized spacial score (nSPS) is 11.8. The first-order chi connectivity index (χ1) is 24.6. The van der Waals surface area contributed by atoms with Crippen LogP contribution in [-0.4, -0.2) is 19.3 Å². The molecule has 3 aromatic heterocycles. The van der Waals surface area contributed by atoms with Gasteiger partial charge in [0.1, 0.15) is 17.3 Å². The van der Waals surface area contributed by atoms with E-state index in [1.807, 2.05) is 6.20 Å². The minimum Gasteiger partial charge on any atom is -0.457 e. The van der Waals surface area contributed by atoms with Gasteiger partial charge in [-0.25, -0.2) is 9.67 Å². The zero-order chi connectivity index (χ0) is 35.8. The van der Waals surface area contributed by atoms with Gasteiger partial charge in [0.05, 0.1) is 28.1 Å². The lowest BCUT2D eigenvalue weighted by atomic mass is 9.92. The van der Waals surface area contributed by atoms with Gasteiger partial charge < -0.3 is 4.74 Å². The van der Waals surface area contributed by atoms with Crippen LogP contribution in [0.25, 0.3) is 44.4 Å². The number of rotatable bonds is 11. The Labute approximate surface area is 302 Å². The molecule has 7 rings (SSSR count). The average molecular weight is 675 g/mol. The summed E-state index contributed by atoms with van der Waals surface area (Å²) < 4.78 is 11.3. The van der Waals surface area contributed by atoms with Gasteiger partial charge >= 0.3 is 0 Å². The third-order valence-corrected chi connectivity index (χ3v) is 10.0. The summed E-state index contributed by atoms with van der Waals surface area (Å²) in [4.78, 5) is 4.86. The van der Waals surface area contributed by atoms with E-state index in [1.165, 1.54) is 49.8 Å². The summed E-state index contributed by atoms with van der Waals surface area (Å²) in [5, 5.41) is 7.61. The third kappa shape index (κ3) is 6.70. The van der Waals surface area contributed by atoms with Crippen LogP contribution in [0.1, 0.15) is 87.0 Å². The molecule has 0 aliphatic carbocycles. The fourth-order valence-electron chi connectivity index (χ4n) is 7.60. The first-order valence-electron chi connectivity index (χ1n) is 18.6. The molecule has 0 saturated heterocycles. The van der Waals surface area contributed by atoms with Crippen LogP contribution < -0.4 is 4.74 Å². The molecule has 0 spiro atoms. The Balaban J connectivity index is 1.35. The summed E-state index contributed by atoms with van der Waals surface area (Å²) in [6.45, 7) is 17.8. The molecule has 0 radical (unpaired) electrons. The van der Waals surface area contributed by atoms with Crippen molar-refractivity contribution in [3.8, 4) is 34.1 Å². The van der Waals surface area contributed by atoms with Gasteiger partial charge in [0.2, 0.25) is 0 Å². The smallest absolute Gasteiger partial charge is 0.137 e. The van der Waals surface area contributed by atoms with Crippen LogP contribution >= 0.6 is 0 Å². The van der Waals surface area contributed by atoms with Gasteiger partial charge in [-0.2, -0.15) is 5.10 Å². The fourth-order valence-corrected chi connectivity index (χ4v) is 7.60. The van der Waals surface area contributed by atoms with Crippen molar-refractivity contribution < 1.29 is 4.74 Å². The molecule has 260 valence electrons. The van der Waals surface area contributed by atoms with Gasteiger partial charge in [-0.05, 0) is 122 Å². The highest BCUT2D eigenvalue weighted by molar-refractivity contribution is 6.09. The van der Waals surface area contributed by atoms with E-state index in [4.69, 9.17) is 14.8 Å². The molecule has 0 atom stereocenters. The van der Waals surface area contributed by atoms with E-state index in [2.05, 4.69) is 156 Å². The molecule has 3 heterocycles. The maximum absolute atomic E-state index is 6.81. The van der Waals surface area contributed by atoms with Gasteiger partial charge in [0.25, 0.3) is 0 Å². The lowest BCUT2D eigenvalue weighted by molar-refractivity contribution is 0.481. The molecular weight excluding hydrogens is 625 g/mol. The Morgan fingerprint density at radius 2 is 1.49 bits per heavy atom. The quantitative estimate of drug-likeness (QED) is 0.137. The van der Waals surface area contributed by atoms with Crippen molar-refractivity contribution in [2.75, 3.05) is 0 Å². The van der Waals surface area contributed by atoms with Crippen LogP contribution in [0.2, 0.25) is 0 Å². The molecule has 0 unspecified atom stereocenters. The number of aryl methyl sites for hydroxylation is 3. The molecule has 0 N–H and O–H groups in total. The maximum Gasteiger partial charge on any atom is 0.137 e. The van der Waals surface area contributed by atoms with Crippen molar-refractivity contribution in [2.45, 2.75) is 87.0 Å². The molecule has 5 nitrogen and oxygen atoms in total. The number of pyridine rings is 1. The minimum atomic E-state index is 0.315. The van der Waals surface area contributed by atoms with Crippen LogP contribution in [0.15, 0.2) is 97.2 Å². The Kier molecular flexibility index (Phi) is 9.56. The first kappa shape index (κ1) is 34.3. The lowest BCUT2D eigenvalue weighted by Crippen LogP contribution is -2.05. The van der Waals surface area contributed by atoms with Crippen LogP contribution in [0, 0.1) is 26.7 Å². The average Bonchev–Trinajstić information content (AvgIpc) is 3.60. The first-order valence-corrected chi connectivity index (χ1v) is 18.6. The van der Waals surface area contributed by atoms with E-state index in [1.54, 1.807) is 0 Å². The van der Waals surface area contributed by atoms with E-state index >= 15 is 0 Å². The van der Waals surface area contributed by atoms with Crippen LogP contribution in [-0.2, 0) is 12.8 Å². The van der Waals surface area contributed by atoms with E-state index in [-0.39, 0.29) is 0 Å². The van der Waals surface area contributed by atoms with Gasteiger partial charge in [-0.3, -0.25) is 4.57 Å². The van der Waals surface area contributed by atoms with Gasteiger partial charge in [0.15, 0.2) is 0 Å². The molecule has 0 aliphatic heterocycles. The molecule has 0 aliphatic rings. The maximum atomic E-state index is 6.81. The van der Waals surface area contributed by atoms with E-state index in [0.717, 1.165) is 65.4 Å². The predicted octanol–water partition coefficient (Wildman–Crippen LogP) is 12.4. The van der Waals surface area contributed by atoms with Crippen LogP contribution in [0.5, 0.6) is 11.5 Å². The SMILES string of the molecule is CCCCc1c(-c2c(C)cccc2C)c(C)nn1-c1cc(Oc2ccc3c4ccccc4n(-c4cc(CC(C)C)ccn4)c3c2)cc(C(C)C)c1. The number of hydrogen-bond acceptors (Lipinski definition) is 3. The molecule has 0 amide bonds. The van der Waals surface area contributed by atoms with E-state index in [9.17, 15) is 0 Å². The molecule has 0 saturated carbocycles. The number of benzene rings is 4. The number of hydrogen-bond donors (Lipinski definition) is 0. The molecule has 0 bridgehead atoms. The molecule has 4 aromatic carbocycles. The summed E-state index contributed by atoms with van der Waals surface area (Å²) in [5.41, 5.74) is 13.2. The predicted molar refractivity (Wildman–Crippen MR) is 213 cm³/mol. The summed E-state index contributed by atoms with van der Waals surface area (Å²) >= 11 is 0. The molecule has 0 fully saturated rings. The second-order valence-electron chi connectivity index (χ2n) is 14.9. The van der Waals surface area contributed by atoms with Crippen molar-refractivity contribution in [1.29, 1.82) is 0 Å². The van der Waals surface area contributed by atoms with E-state index < -0.39 is 0 Å². The monoisotopic (exact) mass is 674 g/mol. The third-order valence-electron chi connectivity index (χ3n) is 10.0. The second kappa shape index (κ2) is 14.2. The van der Waals surface area contributed by atoms with Crippen molar-refractivity contribution >= 4 is 21.8 Å². The molecule has 7 aromatic rings. The molecule has 5 heteroatoms. The fraction of sp³-hybridized carbons (Fsp3) is 0.304.